The average molecular weight is 265 g/mol. The second-order valence-electron chi connectivity index (χ2n) is 3.97. The number of hydrogen-bond acceptors (Lipinski definition) is 3. The smallest absolute Gasteiger partial charge is 0.305 e. The fourth-order valence-corrected chi connectivity index (χ4v) is 1.71. The Morgan fingerprint density at radius 3 is 2.74 bits per heavy atom. The van der Waals surface area contributed by atoms with E-state index >= 15 is 0 Å². The Bertz CT molecular complexity index is 455. The minimum Gasteiger partial charge on any atom is -0.466 e. The second kappa shape index (κ2) is 8.11. The van der Waals surface area contributed by atoms with Crippen LogP contribution in [0.2, 0.25) is 0 Å². The minimum atomic E-state index is -0.389. The highest BCUT2D eigenvalue weighted by molar-refractivity contribution is 5.69. The number of benzene rings is 1. The van der Waals surface area contributed by atoms with Crippen molar-refractivity contribution < 1.29 is 13.9 Å². The zero-order chi connectivity index (χ0) is 14.1. The first-order chi connectivity index (χ1) is 9.17. The lowest BCUT2D eigenvalue weighted by Crippen LogP contribution is -2.04. The van der Waals surface area contributed by atoms with E-state index in [-0.39, 0.29) is 24.2 Å². The molecule has 0 radical (unpaired) electrons. The van der Waals surface area contributed by atoms with Gasteiger partial charge in [-0.3, -0.25) is 4.79 Å². The Kier molecular flexibility index (Phi) is 6.39. The molecule has 0 heterocycles. The van der Waals surface area contributed by atoms with Crippen LogP contribution in [0.3, 0.4) is 0 Å². The Balaban J connectivity index is 2.56. The van der Waals surface area contributed by atoms with E-state index < -0.39 is 0 Å². The molecular weight excluding hydrogens is 249 g/mol. The fourth-order valence-electron chi connectivity index (χ4n) is 1.71. The van der Waals surface area contributed by atoms with Crippen molar-refractivity contribution in [2.45, 2.75) is 32.2 Å². The number of carbonyl (C=O) groups excluding carboxylic acids is 1. The van der Waals surface area contributed by atoms with Crippen LogP contribution in [-0.4, -0.2) is 12.6 Å². The van der Waals surface area contributed by atoms with E-state index in [2.05, 4.69) is 10.0 Å². The number of esters is 1. The predicted molar refractivity (Wildman–Crippen MR) is 68.8 cm³/mol. The highest BCUT2D eigenvalue weighted by Gasteiger charge is 2.11. The summed E-state index contributed by atoms with van der Waals surface area (Å²) in [5.74, 6) is -0.601. The molecule has 1 aromatic rings. The molecule has 0 aliphatic rings. The first-order valence-electron chi connectivity index (χ1n) is 6.12. The van der Waals surface area contributed by atoms with Crippen LogP contribution in [0, 0.1) is 5.82 Å². The van der Waals surface area contributed by atoms with Gasteiger partial charge >= 0.3 is 5.97 Å². The van der Waals surface area contributed by atoms with Crippen molar-refractivity contribution in [3.8, 4) is 0 Å². The molecule has 0 aliphatic heterocycles. The van der Waals surface area contributed by atoms with Crippen molar-refractivity contribution in [3.63, 3.8) is 0 Å². The second-order valence-corrected chi connectivity index (χ2v) is 3.97. The molecule has 0 bridgehead atoms. The van der Waals surface area contributed by atoms with E-state index in [0.717, 1.165) is 5.56 Å². The van der Waals surface area contributed by atoms with Crippen LogP contribution in [-0.2, 0) is 9.53 Å². The maximum atomic E-state index is 12.8. The van der Waals surface area contributed by atoms with E-state index in [9.17, 15) is 9.18 Å². The SMILES string of the molecule is CCOC(=O)CCCC(N=[N+]=[N-])c1ccc(F)cc1. The van der Waals surface area contributed by atoms with Crippen molar-refractivity contribution in [3.05, 3.63) is 46.1 Å². The Hall–Kier alpha value is -2.07. The summed E-state index contributed by atoms with van der Waals surface area (Å²) in [4.78, 5) is 14.0. The minimum absolute atomic E-state index is 0.263. The number of ether oxygens (including phenoxy) is 1. The van der Waals surface area contributed by atoms with Crippen LogP contribution in [0.25, 0.3) is 10.4 Å². The van der Waals surface area contributed by atoms with E-state index in [1.165, 1.54) is 12.1 Å². The van der Waals surface area contributed by atoms with E-state index in [1.807, 2.05) is 0 Å². The standard InChI is InChI=1S/C13H16FN3O2/c1-2-19-13(18)5-3-4-12(16-17-15)10-6-8-11(14)9-7-10/h6-9,12H,2-5H2,1H3. The topological polar surface area (TPSA) is 75.1 Å². The normalized spacial score (nSPS) is 11.5. The number of halogens is 1. The van der Waals surface area contributed by atoms with Crippen molar-refractivity contribution in [2.75, 3.05) is 6.61 Å². The van der Waals surface area contributed by atoms with Gasteiger partial charge in [0.25, 0.3) is 0 Å². The predicted octanol–water partition coefficient (Wildman–Crippen LogP) is 3.91. The lowest BCUT2D eigenvalue weighted by molar-refractivity contribution is -0.143. The zero-order valence-corrected chi connectivity index (χ0v) is 10.8. The van der Waals surface area contributed by atoms with Gasteiger partial charge in [-0.05, 0) is 43.0 Å². The van der Waals surface area contributed by atoms with Crippen LogP contribution in [0.5, 0.6) is 0 Å². The van der Waals surface area contributed by atoms with Gasteiger partial charge in [0.15, 0.2) is 0 Å². The van der Waals surface area contributed by atoms with Gasteiger partial charge < -0.3 is 4.74 Å². The van der Waals surface area contributed by atoms with E-state index in [0.29, 0.717) is 19.4 Å². The van der Waals surface area contributed by atoms with Gasteiger partial charge in [0.05, 0.1) is 12.6 Å². The van der Waals surface area contributed by atoms with Crippen molar-refractivity contribution in [1.82, 2.24) is 0 Å². The number of nitrogens with zero attached hydrogens (tertiary/aromatic N) is 3. The van der Waals surface area contributed by atoms with Gasteiger partial charge in [-0.2, -0.15) is 0 Å². The van der Waals surface area contributed by atoms with Crippen LogP contribution < -0.4 is 0 Å². The highest BCUT2D eigenvalue weighted by atomic mass is 19.1. The van der Waals surface area contributed by atoms with Gasteiger partial charge in [-0.25, -0.2) is 4.39 Å². The van der Waals surface area contributed by atoms with Gasteiger partial charge in [-0.15, -0.1) is 0 Å². The summed E-state index contributed by atoms with van der Waals surface area (Å²) >= 11 is 0. The Labute approximate surface area is 111 Å². The molecule has 0 aromatic heterocycles. The Morgan fingerprint density at radius 2 is 2.16 bits per heavy atom. The average Bonchev–Trinajstić information content (AvgIpc) is 2.39. The molecule has 0 saturated carbocycles. The molecule has 0 N–H and O–H groups in total. The fraction of sp³-hybridized carbons (Fsp3) is 0.462. The quantitative estimate of drug-likeness (QED) is 0.324. The van der Waals surface area contributed by atoms with Crippen molar-refractivity contribution in [1.29, 1.82) is 0 Å². The molecule has 19 heavy (non-hydrogen) atoms. The first kappa shape index (κ1) is 15.0. The molecule has 1 aromatic carbocycles. The molecule has 102 valence electrons. The summed E-state index contributed by atoms with van der Waals surface area (Å²) in [6.45, 7) is 2.11. The van der Waals surface area contributed by atoms with Crippen LogP contribution in [0.15, 0.2) is 29.4 Å². The summed E-state index contributed by atoms with van der Waals surface area (Å²) in [6.07, 6.45) is 1.36. The van der Waals surface area contributed by atoms with Gasteiger partial charge in [0.2, 0.25) is 0 Å². The summed E-state index contributed by atoms with van der Waals surface area (Å²) in [7, 11) is 0. The van der Waals surface area contributed by atoms with E-state index in [4.69, 9.17) is 10.3 Å². The number of rotatable bonds is 7. The molecule has 1 rings (SSSR count). The maximum absolute atomic E-state index is 12.8. The lowest BCUT2D eigenvalue weighted by Gasteiger charge is -2.11. The molecule has 1 unspecified atom stereocenters. The summed E-state index contributed by atoms with van der Waals surface area (Å²) in [6, 6.07) is 5.42. The molecule has 0 fully saturated rings. The van der Waals surface area contributed by atoms with Gasteiger partial charge in [0, 0.05) is 11.3 Å². The van der Waals surface area contributed by atoms with Gasteiger partial charge in [-0.1, -0.05) is 17.2 Å². The highest BCUT2D eigenvalue weighted by Crippen LogP contribution is 2.24. The molecule has 0 spiro atoms. The Morgan fingerprint density at radius 1 is 1.47 bits per heavy atom. The summed E-state index contributed by atoms with van der Waals surface area (Å²) in [5.41, 5.74) is 9.28. The molecule has 1 atom stereocenters. The molecule has 5 nitrogen and oxygen atoms in total. The number of carbonyl (C=O) groups is 1. The number of azide groups is 1. The zero-order valence-electron chi connectivity index (χ0n) is 10.8. The van der Waals surface area contributed by atoms with E-state index in [1.54, 1.807) is 19.1 Å². The van der Waals surface area contributed by atoms with Gasteiger partial charge in [0.1, 0.15) is 5.82 Å². The first-order valence-corrected chi connectivity index (χ1v) is 6.12. The largest absolute Gasteiger partial charge is 0.466 e. The van der Waals surface area contributed by atoms with Crippen LogP contribution in [0.1, 0.15) is 37.8 Å². The maximum Gasteiger partial charge on any atom is 0.305 e. The molecule has 0 amide bonds. The van der Waals surface area contributed by atoms with Crippen LogP contribution in [0.4, 0.5) is 4.39 Å². The van der Waals surface area contributed by atoms with Crippen molar-refractivity contribution in [2.24, 2.45) is 5.11 Å². The number of hydrogen-bond donors (Lipinski definition) is 0. The van der Waals surface area contributed by atoms with Crippen molar-refractivity contribution >= 4 is 5.97 Å². The summed E-state index contributed by atoms with van der Waals surface area (Å²) in [5, 5.41) is 3.67. The molecular formula is C13H16FN3O2. The molecule has 0 aliphatic carbocycles. The lowest BCUT2D eigenvalue weighted by atomic mass is 10.0. The third-order valence-electron chi connectivity index (χ3n) is 2.61. The third-order valence-corrected chi connectivity index (χ3v) is 2.61. The molecule has 0 saturated heterocycles. The molecule has 6 heteroatoms. The summed E-state index contributed by atoms with van der Waals surface area (Å²) < 4.78 is 17.6. The third kappa shape index (κ3) is 5.40. The van der Waals surface area contributed by atoms with Crippen LogP contribution >= 0.6 is 0 Å². The monoisotopic (exact) mass is 265 g/mol.